The van der Waals surface area contributed by atoms with E-state index >= 15 is 0 Å². The van der Waals surface area contributed by atoms with Crippen LogP contribution in [0.4, 0.5) is 0 Å². The molecular formula is C17H25N3O6. The van der Waals surface area contributed by atoms with Crippen molar-refractivity contribution in [1.82, 2.24) is 14.6 Å². The summed E-state index contributed by atoms with van der Waals surface area (Å²) >= 11 is 0. The Balaban J connectivity index is 2.27. The van der Waals surface area contributed by atoms with Crippen LogP contribution in [0.3, 0.4) is 0 Å². The molecule has 1 saturated carbocycles. The first-order valence-electron chi connectivity index (χ1n) is 8.82. The molecule has 1 aromatic heterocycles. The maximum Gasteiger partial charge on any atom is 0.441 e. The van der Waals surface area contributed by atoms with Gasteiger partial charge in [-0.05, 0) is 26.9 Å². The number of aliphatic carboxylic acids is 1. The molecule has 1 fully saturated rings. The van der Waals surface area contributed by atoms with E-state index in [9.17, 15) is 19.2 Å². The molecule has 1 aliphatic rings. The van der Waals surface area contributed by atoms with Crippen LogP contribution in [0.2, 0.25) is 0 Å². The van der Waals surface area contributed by atoms with Gasteiger partial charge >= 0.3 is 11.7 Å². The number of hydrogen-bond donors (Lipinski definition) is 1. The number of carbonyl (C=O) groups is 3. The van der Waals surface area contributed by atoms with Crippen molar-refractivity contribution in [3.63, 3.8) is 0 Å². The fourth-order valence-electron chi connectivity index (χ4n) is 3.27. The number of rotatable bonds is 9. The van der Waals surface area contributed by atoms with E-state index in [-0.39, 0.29) is 24.1 Å². The summed E-state index contributed by atoms with van der Waals surface area (Å²) in [6, 6.07) is 0. The molecule has 1 N–H and O–H groups in total. The van der Waals surface area contributed by atoms with Crippen LogP contribution < -0.4 is 5.76 Å². The number of ketones is 2. The molecule has 0 radical (unpaired) electrons. The molecule has 9 nitrogen and oxygen atoms in total. The van der Waals surface area contributed by atoms with Crippen LogP contribution in [0.1, 0.15) is 49.1 Å². The van der Waals surface area contributed by atoms with Crippen LogP contribution in [0, 0.1) is 11.8 Å². The summed E-state index contributed by atoms with van der Waals surface area (Å²) in [6.45, 7) is 0.620. The van der Waals surface area contributed by atoms with E-state index in [0.29, 0.717) is 19.4 Å². The Hall–Kier alpha value is -2.29. The van der Waals surface area contributed by atoms with Crippen molar-refractivity contribution in [3.05, 3.63) is 16.4 Å². The van der Waals surface area contributed by atoms with Gasteiger partial charge in [0.15, 0.2) is 0 Å². The van der Waals surface area contributed by atoms with Crippen LogP contribution in [-0.2, 0) is 16.1 Å². The van der Waals surface area contributed by atoms with E-state index in [1.165, 1.54) is 0 Å². The first kappa shape index (κ1) is 20.0. The minimum atomic E-state index is -1.34. The van der Waals surface area contributed by atoms with Crippen molar-refractivity contribution in [2.24, 2.45) is 11.8 Å². The summed E-state index contributed by atoms with van der Waals surface area (Å²) in [5.74, 6) is -5.10. The number of nitrogens with zero attached hydrogens (tertiary/aromatic N) is 3. The van der Waals surface area contributed by atoms with Crippen LogP contribution in [0.5, 0.6) is 0 Å². The molecule has 1 heterocycles. The number of carbonyl (C=O) groups excluding carboxylic acids is 2. The first-order valence-corrected chi connectivity index (χ1v) is 8.82. The lowest BCUT2D eigenvalue weighted by atomic mass is 9.79. The quantitative estimate of drug-likeness (QED) is 0.503. The molecule has 9 heteroatoms. The van der Waals surface area contributed by atoms with Crippen molar-refractivity contribution in [1.29, 1.82) is 0 Å². The van der Waals surface area contributed by atoms with Gasteiger partial charge in [0.1, 0.15) is 5.78 Å². The first-order chi connectivity index (χ1) is 12.3. The molecule has 0 bridgehead atoms. The lowest BCUT2D eigenvalue weighted by molar-refractivity contribution is -0.140. The van der Waals surface area contributed by atoms with Crippen molar-refractivity contribution in [2.75, 3.05) is 20.6 Å². The Bertz CT molecular complexity index is 714. The number of carboxylic acid groups (broad SMARTS) is 1. The second-order valence-corrected chi connectivity index (χ2v) is 6.98. The predicted molar refractivity (Wildman–Crippen MR) is 91.0 cm³/mol. The van der Waals surface area contributed by atoms with E-state index in [0.717, 1.165) is 23.8 Å². The Kier molecular flexibility index (Phi) is 6.84. The van der Waals surface area contributed by atoms with Crippen LogP contribution >= 0.6 is 0 Å². The van der Waals surface area contributed by atoms with Crippen LogP contribution in [0.15, 0.2) is 9.32 Å². The van der Waals surface area contributed by atoms with Gasteiger partial charge in [0.05, 0.1) is 12.3 Å². The van der Waals surface area contributed by atoms with Gasteiger partial charge in [0.25, 0.3) is 0 Å². The average molecular weight is 367 g/mol. The third-order valence-electron chi connectivity index (χ3n) is 4.72. The van der Waals surface area contributed by atoms with Gasteiger partial charge < -0.3 is 10.0 Å². The summed E-state index contributed by atoms with van der Waals surface area (Å²) in [6.07, 6.45) is 3.53. The molecule has 2 rings (SSSR count). The molecule has 0 aromatic carbocycles. The molecule has 1 aromatic rings. The van der Waals surface area contributed by atoms with Crippen molar-refractivity contribution in [3.8, 4) is 0 Å². The summed E-state index contributed by atoms with van der Waals surface area (Å²) in [4.78, 5) is 50.5. The largest absolute Gasteiger partial charge is 0.481 e. The van der Waals surface area contributed by atoms with Crippen LogP contribution in [0.25, 0.3) is 0 Å². The number of Topliss-reactive ketones (excluding diaryl/α,β-unsaturated/α-hetero) is 2. The molecular weight excluding hydrogens is 342 g/mol. The molecule has 0 aliphatic heterocycles. The van der Waals surface area contributed by atoms with Crippen molar-refractivity contribution in [2.45, 2.75) is 45.1 Å². The van der Waals surface area contributed by atoms with Gasteiger partial charge in [-0.1, -0.05) is 24.4 Å². The summed E-state index contributed by atoms with van der Waals surface area (Å²) < 4.78 is 5.65. The molecule has 26 heavy (non-hydrogen) atoms. The van der Waals surface area contributed by atoms with Gasteiger partial charge in [-0.3, -0.25) is 23.5 Å². The molecule has 0 amide bonds. The van der Waals surface area contributed by atoms with Crippen molar-refractivity contribution < 1.29 is 24.0 Å². The van der Waals surface area contributed by atoms with Crippen LogP contribution in [-0.4, -0.2) is 57.9 Å². The van der Waals surface area contributed by atoms with Gasteiger partial charge in [-0.25, -0.2) is 4.79 Å². The maximum absolute atomic E-state index is 12.9. The fraction of sp³-hybridized carbons (Fsp3) is 0.706. The molecule has 0 unspecified atom stereocenters. The normalized spacial score (nSPS) is 16.6. The molecule has 0 saturated heterocycles. The number of likely N-dealkylation sites (N-methyl/N-ethyl adjacent to an activating group) is 1. The van der Waals surface area contributed by atoms with Gasteiger partial charge in [0.2, 0.25) is 11.6 Å². The van der Waals surface area contributed by atoms with Gasteiger partial charge in [0, 0.05) is 19.0 Å². The SMILES string of the molecule is CN(C)CCn1c(C(=O)[C@@H](CC(=O)O)C(=O)C2CCCCC2)noc1=O. The number of aromatic nitrogens is 2. The zero-order valence-electron chi connectivity index (χ0n) is 15.1. The maximum atomic E-state index is 12.9. The monoisotopic (exact) mass is 367 g/mol. The minimum absolute atomic E-state index is 0.161. The molecule has 0 spiro atoms. The summed E-state index contributed by atoms with van der Waals surface area (Å²) in [5.41, 5.74) is 0. The zero-order valence-corrected chi connectivity index (χ0v) is 15.1. The summed E-state index contributed by atoms with van der Waals surface area (Å²) in [7, 11) is 3.61. The Morgan fingerprint density at radius 2 is 1.92 bits per heavy atom. The highest BCUT2D eigenvalue weighted by atomic mass is 16.5. The molecule has 1 aliphatic carbocycles. The molecule has 144 valence electrons. The Morgan fingerprint density at radius 1 is 1.27 bits per heavy atom. The average Bonchev–Trinajstić information content (AvgIpc) is 2.98. The second kappa shape index (κ2) is 8.88. The summed E-state index contributed by atoms with van der Waals surface area (Å²) in [5, 5.41) is 12.7. The third kappa shape index (κ3) is 4.87. The number of carboxylic acids is 1. The van der Waals surface area contributed by atoms with E-state index in [1.54, 1.807) is 14.1 Å². The zero-order chi connectivity index (χ0) is 19.3. The topological polar surface area (TPSA) is 123 Å². The van der Waals surface area contributed by atoms with Gasteiger partial charge in [-0.2, -0.15) is 0 Å². The lowest BCUT2D eigenvalue weighted by Gasteiger charge is -2.23. The molecule has 1 atom stereocenters. The smallest absolute Gasteiger partial charge is 0.441 e. The number of hydrogen-bond acceptors (Lipinski definition) is 7. The van der Waals surface area contributed by atoms with E-state index in [2.05, 4.69) is 9.68 Å². The third-order valence-corrected chi connectivity index (χ3v) is 4.72. The predicted octanol–water partition coefficient (Wildman–Crippen LogP) is 0.821. The van der Waals surface area contributed by atoms with Crippen molar-refractivity contribution >= 4 is 17.5 Å². The highest BCUT2D eigenvalue weighted by Gasteiger charge is 2.37. The highest BCUT2D eigenvalue weighted by molar-refractivity contribution is 6.11. The van der Waals surface area contributed by atoms with E-state index in [4.69, 9.17) is 5.11 Å². The highest BCUT2D eigenvalue weighted by Crippen LogP contribution is 2.28. The van der Waals surface area contributed by atoms with Gasteiger partial charge in [-0.15, -0.1) is 0 Å². The van der Waals surface area contributed by atoms with E-state index < -0.39 is 29.8 Å². The van der Waals surface area contributed by atoms with E-state index in [1.807, 2.05) is 4.90 Å². The fourth-order valence-corrected chi connectivity index (χ4v) is 3.27. The lowest BCUT2D eigenvalue weighted by Crippen LogP contribution is -2.35. The minimum Gasteiger partial charge on any atom is -0.481 e. The second-order valence-electron chi connectivity index (χ2n) is 6.98. The Morgan fingerprint density at radius 3 is 2.50 bits per heavy atom. The standard InChI is InChI=1S/C17H25N3O6/c1-19(2)8-9-20-16(18-26-17(20)25)15(24)12(10-13(21)22)14(23)11-6-4-3-5-7-11/h11-12H,3-10H2,1-2H3,(H,21,22)/t12-/m0/s1. The Labute approximate surface area is 150 Å².